The van der Waals surface area contributed by atoms with Crippen LogP contribution in [0.4, 0.5) is 8.78 Å². The van der Waals surface area contributed by atoms with Crippen molar-refractivity contribution in [1.29, 1.82) is 5.26 Å². The van der Waals surface area contributed by atoms with Gasteiger partial charge in [0.05, 0.1) is 50.2 Å². The van der Waals surface area contributed by atoms with Gasteiger partial charge in [-0.3, -0.25) is 0 Å². The van der Waals surface area contributed by atoms with E-state index in [1.807, 2.05) is 36.4 Å². The van der Waals surface area contributed by atoms with Gasteiger partial charge in [-0.1, -0.05) is 106 Å². The third-order valence-electron chi connectivity index (χ3n) is 10.9. The van der Waals surface area contributed by atoms with Crippen molar-refractivity contribution in [3.8, 4) is 80.7 Å². The minimum absolute atomic E-state index is 0.00148. The fraction of sp³-hybridized carbons (Fsp3) is 0.117. The number of ether oxygens (including phenoxy) is 9. The van der Waals surface area contributed by atoms with Gasteiger partial charge in [0.1, 0.15) is 63.1 Å². The van der Waals surface area contributed by atoms with Crippen molar-refractivity contribution in [1.82, 2.24) is 29.3 Å². The number of hydrogen-bond acceptors (Lipinski definition) is 26. The normalized spacial score (nSPS) is 10.9. The van der Waals surface area contributed by atoms with E-state index >= 15 is 0 Å². The number of hydrogen-bond donors (Lipinski definition) is 0. The first-order valence-electron chi connectivity index (χ1n) is 25.2. The summed E-state index contributed by atoms with van der Waals surface area (Å²) in [6.45, 7) is -3.01. The smallest absolute Gasteiger partial charge is 0.387 e. The molecule has 0 fully saturated rings. The first-order valence-corrected chi connectivity index (χ1v) is 26.0. The molecule has 0 N–H and O–H groups in total. The van der Waals surface area contributed by atoms with Crippen molar-refractivity contribution in [2.45, 2.75) is 6.61 Å². The van der Waals surface area contributed by atoms with Crippen LogP contribution in [0.3, 0.4) is 0 Å². The van der Waals surface area contributed by atoms with E-state index in [0.29, 0.717) is 56.3 Å². The highest BCUT2D eigenvalue weighted by Crippen LogP contribution is 2.34. The Morgan fingerprint density at radius 1 is 0.489 bits per heavy atom. The van der Waals surface area contributed by atoms with E-state index in [1.54, 1.807) is 97.1 Å². The summed E-state index contributed by atoms with van der Waals surface area (Å²) in [6.07, 6.45) is 2.43. The van der Waals surface area contributed by atoms with Crippen molar-refractivity contribution in [3.63, 3.8) is 0 Å². The summed E-state index contributed by atoms with van der Waals surface area (Å²) < 4.78 is 76.7. The highest BCUT2D eigenvalue weighted by molar-refractivity contribution is 7.07. The summed E-state index contributed by atoms with van der Waals surface area (Å²) in [5.41, 5.74) is 2.30. The number of para-hydroxylation sites is 5. The molecular weight excluding hydrogens is 1170 g/mol. The zero-order valence-electron chi connectivity index (χ0n) is 47.1. The topological polar surface area (TPSA) is 300 Å². The van der Waals surface area contributed by atoms with Gasteiger partial charge in [-0.2, -0.15) is 23.4 Å². The van der Waals surface area contributed by atoms with Crippen LogP contribution in [0.25, 0.3) is 11.4 Å². The molecule has 448 valence electrons. The molecule has 0 spiro atoms. The molecular formula is C60H48F2N10O15S. The monoisotopic (exact) mass is 1220 g/mol. The first kappa shape index (κ1) is 63.6. The maximum Gasteiger partial charge on any atom is 0.387 e. The molecule has 0 amide bonds. The Hall–Kier alpha value is -12.0. The van der Waals surface area contributed by atoms with Crippen molar-refractivity contribution in [2.24, 2.45) is 15.5 Å². The number of rotatable bonds is 22. The number of nitrogens with zero attached hydrogens (tertiary/aromatic N) is 10. The van der Waals surface area contributed by atoms with E-state index in [-0.39, 0.29) is 52.2 Å². The van der Waals surface area contributed by atoms with Crippen LogP contribution in [0.2, 0.25) is 0 Å². The quantitative estimate of drug-likeness (QED) is 0.0263. The predicted octanol–water partition coefficient (Wildman–Crippen LogP) is 11.2. The van der Waals surface area contributed by atoms with Crippen molar-refractivity contribution < 1.29 is 80.3 Å². The summed E-state index contributed by atoms with van der Waals surface area (Å²) in [4.78, 5) is 70.6. The van der Waals surface area contributed by atoms with E-state index in [1.165, 1.54) is 91.7 Å². The van der Waals surface area contributed by atoms with Crippen LogP contribution in [-0.4, -0.2) is 114 Å². The molecule has 0 bridgehead atoms. The standard InChI is InChI=1S/C21H17F2N3O6.C21H16N4O5.C18H15N3O4S/c1-28-20(27)19(26-29-2)13-6-5-7-14(10-13)30-17-11-18(25-12-24-17)31-15-8-3-4-9-16(15)32-21(22)23;1-27-21(26)20(25-28-2)15-8-4-6-10-17(15)30-19-11-18(23-13-24-19)29-16-9-5-3-7-14(16)12-22;1-23-17(22)15(20-24-2)13-10-6-7-11-14(13)25-18-19-16(21-26-18)12-8-4-3-5-9-12/h3-12,21H,1-2H3;3-11,13H,1-2H3;3-11H,1-2H3/b26-19+;25-20+;20-15+. The van der Waals surface area contributed by atoms with Gasteiger partial charge in [-0.15, -0.1) is 0 Å². The Labute approximate surface area is 503 Å². The van der Waals surface area contributed by atoms with Crippen LogP contribution < -0.4 is 28.4 Å². The lowest BCUT2D eigenvalue weighted by Crippen LogP contribution is -2.18. The van der Waals surface area contributed by atoms with E-state index in [0.717, 1.165) is 17.1 Å². The molecule has 88 heavy (non-hydrogen) atoms. The highest BCUT2D eigenvalue weighted by atomic mass is 32.1. The maximum atomic E-state index is 12.6. The molecule has 0 aliphatic heterocycles. The van der Waals surface area contributed by atoms with Crippen LogP contribution in [0.1, 0.15) is 22.3 Å². The number of methoxy groups -OCH3 is 3. The number of carbonyl (C=O) groups is 3. The zero-order chi connectivity index (χ0) is 62.6. The molecule has 0 aliphatic carbocycles. The van der Waals surface area contributed by atoms with Crippen molar-refractivity contribution in [2.75, 3.05) is 42.7 Å². The molecule has 0 radical (unpaired) electrons. The minimum atomic E-state index is -3.01. The van der Waals surface area contributed by atoms with Gasteiger partial charge in [0.15, 0.2) is 34.5 Å². The molecule has 0 unspecified atom stereocenters. The lowest BCUT2D eigenvalue weighted by Gasteiger charge is -2.11. The Bertz CT molecular complexity index is 3960. The second-order valence-electron chi connectivity index (χ2n) is 16.4. The summed E-state index contributed by atoms with van der Waals surface area (Å²) in [5, 5.41) is 20.7. The highest BCUT2D eigenvalue weighted by Gasteiger charge is 2.24. The zero-order valence-corrected chi connectivity index (χ0v) is 47.9. The molecule has 0 saturated heterocycles. The van der Waals surface area contributed by atoms with Crippen LogP contribution in [-0.2, 0) is 43.1 Å². The van der Waals surface area contributed by atoms with Crippen molar-refractivity contribution in [3.05, 3.63) is 199 Å². The molecule has 6 aromatic carbocycles. The number of esters is 3. The third kappa shape index (κ3) is 18.0. The van der Waals surface area contributed by atoms with E-state index in [9.17, 15) is 28.4 Å². The molecule has 9 aromatic rings. The number of nitriles is 1. The number of oxime groups is 3. The van der Waals surface area contributed by atoms with Gasteiger partial charge in [0.2, 0.25) is 23.5 Å². The SMILES string of the molecule is CO/N=C(/C(=O)OC)c1cccc(Oc2cc(Oc3ccccc3OC(F)F)ncn2)c1.CO/N=C(/C(=O)OC)c1ccccc1Oc1cc(Oc2ccccc2C#N)ncn1.CO/N=C(/C(=O)OC)c1ccccc1Oc1nc(-c2ccccc2)ns1. The second kappa shape index (κ2) is 32.7. The van der Waals surface area contributed by atoms with E-state index in [2.05, 4.69) is 49.5 Å². The molecule has 0 saturated carbocycles. The molecule has 25 nitrogen and oxygen atoms in total. The molecule has 3 heterocycles. The summed E-state index contributed by atoms with van der Waals surface area (Å²) in [7, 11) is 7.71. The third-order valence-corrected chi connectivity index (χ3v) is 11.5. The fourth-order valence-electron chi connectivity index (χ4n) is 7.13. The van der Waals surface area contributed by atoms with Crippen molar-refractivity contribution >= 4 is 46.6 Å². The van der Waals surface area contributed by atoms with E-state index in [4.69, 9.17) is 52.4 Å². The Balaban J connectivity index is 0.000000189. The Morgan fingerprint density at radius 3 is 1.49 bits per heavy atom. The van der Waals surface area contributed by atoms with Gasteiger partial charge >= 0.3 is 24.5 Å². The Kier molecular flexibility index (Phi) is 23.7. The van der Waals surface area contributed by atoms with Crippen LogP contribution in [0, 0.1) is 11.3 Å². The largest absolute Gasteiger partial charge is 0.464 e. The molecule has 28 heteroatoms. The van der Waals surface area contributed by atoms with Crippen LogP contribution in [0.5, 0.6) is 63.2 Å². The predicted molar refractivity (Wildman–Crippen MR) is 310 cm³/mol. The fourth-order valence-corrected chi connectivity index (χ4v) is 7.69. The second-order valence-corrected chi connectivity index (χ2v) is 17.2. The number of benzene rings is 6. The first-order chi connectivity index (χ1) is 42.9. The van der Waals surface area contributed by atoms with Gasteiger partial charge < -0.3 is 57.1 Å². The molecule has 3 aromatic heterocycles. The summed E-state index contributed by atoms with van der Waals surface area (Å²) in [5.74, 6) is 0.280. The average molecular weight is 1220 g/mol. The number of aromatic nitrogens is 6. The van der Waals surface area contributed by atoms with Gasteiger partial charge in [-0.05, 0) is 60.7 Å². The average Bonchev–Trinajstić information content (AvgIpc) is 4.04. The number of halogens is 2. The lowest BCUT2D eigenvalue weighted by molar-refractivity contribution is -0.133. The number of carbonyl (C=O) groups excluding carboxylic acids is 3. The van der Waals surface area contributed by atoms with Gasteiger partial charge in [0, 0.05) is 22.7 Å². The number of alkyl halides is 2. The Morgan fingerprint density at radius 2 is 0.943 bits per heavy atom. The lowest BCUT2D eigenvalue weighted by atomic mass is 10.1. The van der Waals surface area contributed by atoms with E-state index < -0.39 is 24.5 Å². The van der Waals surface area contributed by atoms with Gasteiger partial charge in [0.25, 0.3) is 5.19 Å². The summed E-state index contributed by atoms with van der Waals surface area (Å²) in [6, 6.07) is 47.2. The minimum Gasteiger partial charge on any atom is -0.464 e. The van der Waals surface area contributed by atoms with Crippen LogP contribution >= 0.6 is 11.5 Å². The maximum absolute atomic E-state index is 12.6. The summed E-state index contributed by atoms with van der Waals surface area (Å²) >= 11 is 1.12. The van der Waals surface area contributed by atoms with Crippen LogP contribution in [0.15, 0.2) is 192 Å². The van der Waals surface area contributed by atoms with Gasteiger partial charge in [-0.25, -0.2) is 34.3 Å². The molecule has 0 aliphatic rings. The molecule has 9 rings (SSSR count). The molecule has 0 atom stereocenters.